The lowest BCUT2D eigenvalue weighted by Crippen LogP contribution is -2.19. The maximum Gasteiger partial charge on any atom is 0.416 e. The predicted molar refractivity (Wildman–Crippen MR) is 102 cm³/mol. The fraction of sp³-hybridized carbons (Fsp3) is 0.158. The molecule has 0 bridgehead atoms. The van der Waals surface area contributed by atoms with E-state index < -0.39 is 22.9 Å². The average Bonchev–Trinajstić information content (AvgIpc) is 3.05. The van der Waals surface area contributed by atoms with Gasteiger partial charge in [-0.05, 0) is 30.7 Å². The Morgan fingerprint density at radius 2 is 1.89 bits per heavy atom. The van der Waals surface area contributed by atoms with Crippen LogP contribution >= 0.6 is 23.1 Å². The average molecular weight is 408 g/mol. The summed E-state index contributed by atoms with van der Waals surface area (Å²) in [6.45, 7) is 1.86. The zero-order chi connectivity index (χ0) is 19.4. The van der Waals surface area contributed by atoms with Crippen LogP contribution in [0.1, 0.15) is 22.1 Å². The van der Waals surface area contributed by atoms with E-state index in [4.69, 9.17) is 0 Å². The summed E-state index contributed by atoms with van der Waals surface area (Å²) in [4.78, 5) is 17.2. The van der Waals surface area contributed by atoms with Crippen LogP contribution in [-0.2, 0) is 11.0 Å². The van der Waals surface area contributed by atoms with Crippen molar-refractivity contribution in [3.63, 3.8) is 0 Å². The van der Waals surface area contributed by atoms with Crippen LogP contribution in [0.15, 0.2) is 64.3 Å². The lowest BCUT2D eigenvalue weighted by atomic mass is 10.1. The molecule has 3 rings (SSSR count). The highest BCUT2D eigenvalue weighted by molar-refractivity contribution is 8.01. The van der Waals surface area contributed by atoms with Crippen molar-refractivity contribution in [2.24, 2.45) is 0 Å². The Morgan fingerprint density at radius 3 is 2.52 bits per heavy atom. The highest BCUT2D eigenvalue weighted by Gasteiger charge is 2.31. The van der Waals surface area contributed by atoms with Gasteiger partial charge in [-0.3, -0.25) is 4.79 Å². The molecule has 0 saturated heterocycles. The molecule has 2 aromatic carbocycles. The molecule has 3 nitrogen and oxygen atoms in total. The normalized spacial score (nSPS) is 12.6. The fourth-order valence-corrected chi connectivity index (χ4v) is 4.40. The molecule has 3 aromatic rings. The number of hydrogen-bond donors (Lipinski definition) is 1. The van der Waals surface area contributed by atoms with E-state index in [1.165, 1.54) is 35.2 Å². The number of nitrogens with one attached hydrogen (secondary N) is 1. The first-order chi connectivity index (χ1) is 12.8. The van der Waals surface area contributed by atoms with E-state index in [0.29, 0.717) is 0 Å². The van der Waals surface area contributed by atoms with Crippen LogP contribution in [0.25, 0.3) is 0 Å². The van der Waals surface area contributed by atoms with Gasteiger partial charge in [-0.15, -0.1) is 11.3 Å². The van der Waals surface area contributed by atoms with E-state index in [1.54, 1.807) is 0 Å². The van der Waals surface area contributed by atoms with Crippen molar-refractivity contribution in [3.05, 3.63) is 76.8 Å². The molecule has 8 heteroatoms. The number of thioether (sulfide) groups is 1. The first-order valence-electron chi connectivity index (χ1n) is 7.95. The molecule has 27 heavy (non-hydrogen) atoms. The lowest BCUT2D eigenvalue weighted by Gasteiger charge is -2.16. The molecule has 140 valence electrons. The number of carbonyl (C=O) groups excluding carboxylic acids is 1. The van der Waals surface area contributed by atoms with Gasteiger partial charge >= 0.3 is 6.18 Å². The largest absolute Gasteiger partial charge is 0.416 e. The van der Waals surface area contributed by atoms with Crippen molar-refractivity contribution in [1.29, 1.82) is 0 Å². The summed E-state index contributed by atoms with van der Waals surface area (Å²) >= 11 is 2.70. The van der Waals surface area contributed by atoms with Gasteiger partial charge in [0, 0.05) is 16.8 Å². The van der Waals surface area contributed by atoms with Crippen LogP contribution in [0.5, 0.6) is 0 Å². The standard InChI is InChI=1S/C19H15F3N2OS2/c1-12-11-26-18(23-12)27-16(13-6-3-2-4-7-13)17(25)24-15-9-5-8-14(10-15)19(20,21)22/h2-11,16H,1H3,(H,24,25)/t16-/m0/s1. The number of rotatable bonds is 5. The van der Waals surface area contributed by atoms with E-state index in [9.17, 15) is 18.0 Å². The Bertz CT molecular complexity index is 926. The van der Waals surface area contributed by atoms with Crippen LogP contribution in [0.3, 0.4) is 0 Å². The highest BCUT2D eigenvalue weighted by Crippen LogP contribution is 2.38. The number of alkyl halides is 3. The Morgan fingerprint density at radius 1 is 1.15 bits per heavy atom. The van der Waals surface area contributed by atoms with E-state index in [1.807, 2.05) is 42.6 Å². The molecule has 0 aliphatic heterocycles. The number of carbonyl (C=O) groups is 1. The van der Waals surface area contributed by atoms with Crippen LogP contribution < -0.4 is 5.32 Å². The smallest absolute Gasteiger partial charge is 0.325 e. The van der Waals surface area contributed by atoms with Crippen molar-refractivity contribution >= 4 is 34.7 Å². The number of amides is 1. The van der Waals surface area contributed by atoms with Crippen molar-refractivity contribution in [2.45, 2.75) is 22.7 Å². The lowest BCUT2D eigenvalue weighted by molar-refractivity contribution is -0.137. The van der Waals surface area contributed by atoms with E-state index >= 15 is 0 Å². The SMILES string of the molecule is Cc1csc(S[C@H](C(=O)Nc2cccc(C(F)(F)F)c2)c2ccccc2)n1. The molecule has 1 aromatic heterocycles. The second-order valence-corrected chi connectivity index (χ2v) is 7.94. The number of thiazole rings is 1. The summed E-state index contributed by atoms with van der Waals surface area (Å²) in [5, 5.41) is 3.85. The molecule has 1 heterocycles. The van der Waals surface area contributed by atoms with Crippen LogP contribution in [0.4, 0.5) is 18.9 Å². The number of hydrogen-bond acceptors (Lipinski definition) is 4. The van der Waals surface area contributed by atoms with Gasteiger partial charge in [0.25, 0.3) is 0 Å². The Balaban J connectivity index is 1.85. The molecule has 0 fully saturated rings. The van der Waals surface area contributed by atoms with Crippen molar-refractivity contribution in [1.82, 2.24) is 4.98 Å². The van der Waals surface area contributed by atoms with Crippen LogP contribution in [0.2, 0.25) is 0 Å². The summed E-state index contributed by atoms with van der Waals surface area (Å²) in [5.41, 5.74) is 0.902. The third kappa shape index (κ3) is 5.11. The fourth-order valence-electron chi connectivity index (χ4n) is 2.37. The number of halogens is 3. The van der Waals surface area contributed by atoms with Gasteiger partial charge in [-0.1, -0.05) is 48.2 Å². The molecule has 0 spiro atoms. The van der Waals surface area contributed by atoms with Crippen molar-refractivity contribution in [2.75, 3.05) is 5.32 Å². The van der Waals surface area contributed by atoms with Crippen molar-refractivity contribution < 1.29 is 18.0 Å². The third-order valence-corrected chi connectivity index (χ3v) is 5.96. The minimum Gasteiger partial charge on any atom is -0.325 e. The quantitative estimate of drug-likeness (QED) is 0.531. The van der Waals surface area contributed by atoms with E-state index in [-0.39, 0.29) is 5.69 Å². The zero-order valence-corrected chi connectivity index (χ0v) is 15.8. The highest BCUT2D eigenvalue weighted by atomic mass is 32.2. The molecular weight excluding hydrogens is 393 g/mol. The van der Waals surface area contributed by atoms with Crippen LogP contribution in [-0.4, -0.2) is 10.9 Å². The second kappa shape index (κ2) is 8.14. The summed E-state index contributed by atoms with van der Waals surface area (Å²) in [6, 6.07) is 13.7. The molecule has 1 amide bonds. The topological polar surface area (TPSA) is 42.0 Å². The molecule has 1 N–H and O–H groups in total. The third-order valence-electron chi connectivity index (χ3n) is 3.61. The van der Waals surface area contributed by atoms with Gasteiger partial charge in [0.15, 0.2) is 4.34 Å². The number of aromatic nitrogens is 1. The Hall–Kier alpha value is -2.32. The molecule has 0 aliphatic rings. The van der Waals surface area contributed by atoms with Gasteiger partial charge in [0.2, 0.25) is 5.91 Å². The number of benzene rings is 2. The van der Waals surface area contributed by atoms with Gasteiger partial charge in [-0.25, -0.2) is 4.98 Å². The molecule has 1 atom stereocenters. The first-order valence-corrected chi connectivity index (χ1v) is 9.71. The van der Waals surface area contributed by atoms with E-state index in [2.05, 4.69) is 10.3 Å². The summed E-state index contributed by atoms with van der Waals surface area (Å²) in [5.74, 6) is -0.404. The number of anilines is 1. The minimum absolute atomic E-state index is 0.103. The summed E-state index contributed by atoms with van der Waals surface area (Å²) in [6.07, 6.45) is -4.47. The van der Waals surface area contributed by atoms with Gasteiger partial charge in [0.1, 0.15) is 5.25 Å². The number of aryl methyl sites for hydroxylation is 1. The molecule has 0 saturated carbocycles. The van der Waals surface area contributed by atoms with E-state index in [0.717, 1.165) is 27.7 Å². The monoisotopic (exact) mass is 408 g/mol. The molecular formula is C19H15F3N2OS2. The van der Waals surface area contributed by atoms with Gasteiger partial charge in [-0.2, -0.15) is 13.2 Å². The molecule has 0 unspecified atom stereocenters. The van der Waals surface area contributed by atoms with Gasteiger partial charge in [0.05, 0.1) is 5.56 Å². The maximum atomic E-state index is 12.9. The Labute approximate surface area is 162 Å². The maximum absolute atomic E-state index is 12.9. The molecule has 0 aliphatic carbocycles. The predicted octanol–water partition coefficient (Wildman–Crippen LogP) is 5.94. The zero-order valence-electron chi connectivity index (χ0n) is 14.2. The number of nitrogens with zero attached hydrogens (tertiary/aromatic N) is 1. The first kappa shape index (κ1) is 19.4. The second-order valence-electron chi connectivity index (χ2n) is 5.73. The molecule has 0 radical (unpaired) electrons. The van der Waals surface area contributed by atoms with Crippen molar-refractivity contribution in [3.8, 4) is 0 Å². The van der Waals surface area contributed by atoms with Crippen LogP contribution in [0, 0.1) is 6.92 Å². The Kier molecular flexibility index (Phi) is 5.86. The summed E-state index contributed by atoms with van der Waals surface area (Å²) < 4.78 is 39.4. The minimum atomic E-state index is -4.47. The summed E-state index contributed by atoms with van der Waals surface area (Å²) in [7, 11) is 0. The van der Waals surface area contributed by atoms with Gasteiger partial charge < -0.3 is 5.32 Å².